The third-order valence-corrected chi connectivity index (χ3v) is 0.631. The van der Waals surface area contributed by atoms with E-state index in [2.05, 4.69) is 19.7 Å². The molecule has 0 amide bonds. The Kier molecular flexibility index (Phi) is 30.9. The van der Waals surface area contributed by atoms with Gasteiger partial charge in [-0.15, -0.1) is 24.8 Å². The number of carboxylic acids is 1. The number of hydrogen-bond acceptors (Lipinski definition) is 2. The maximum atomic E-state index is 9.25. The smallest absolute Gasteiger partial charge is 0.327 e. The van der Waals surface area contributed by atoms with Gasteiger partial charge in [0.1, 0.15) is 0 Å². The van der Waals surface area contributed by atoms with Crippen LogP contribution in [0.2, 0.25) is 0 Å². The van der Waals surface area contributed by atoms with Crippen LogP contribution >= 0.6 is 11.6 Å². The molecule has 0 bridgehead atoms. The Hall–Kier alpha value is -1.06. The molecule has 0 aliphatic rings. The van der Waals surface area contributed by atoms with Crippen molar-refractivity contribution in [1.82, 2.24) is 0 Å². The molecule has 0 radical (unpaired) electrons. The third-order valence-electron chi connectivity index (χ3n) is 0.413. The number of allylic oxidation sites excluding steroid dienone is 1. The fraction of sp³-hybridized carbons (Fsp3) is 0.222. The Morgan fingerprint density at radius 3 is 1.54 bits per heavy atom. The van der Waals surface area contributed by atoms with Gasteiger partial charge in [0.25, 0.3) is 0 Å². The summed E-state index contributed by atoms with van der Waals surface area (Å²) < 4.78 is 0. The van der Waals surface area contributed by atoms with Crippen molar-refractivity contribution in [3.63, 3.8) is 0 Å². The lowest BCUT2D eigenvalue weighted by Crippen LogP contribution is -1.82. The molecule has 76 valence electrons. The molecule has 0 unspecified atom stereocenters. The number of halogens is 1. The molecule has 0 saturated carbocycles. The van der Waals surface area contributed by atoms with E-state index in [1.165, 1.54) is 6.08 Å². The second-order valence-electron chi connectivity index (χ2n) is 1.46. The summed E-state index contributed by atoms with van der Waals surface area (Å²) in [5, 5.41) is 15.4. The summed E-state index contributed by atoms with van der Waals surface area (Å²) in [7, 11) is 0. The Balaban J connectivity index is -0.000000117. The highest BCUT2D eigenvalue weighted by molar-refractivity contribution is 6.18. The van der Waals surface area contributed by atoms with Crippen molar-refractivity contribution in [3.8, 4) is 0 Å². The highest BCUT2D eigenvalue weighted by Gasteiger charge is 1.73. The van der Waals surface area contributed by atoms with E-state index in [-0.39, 0.29) is 6.61 Å². The molecule has 0 aliphatic carbocycles. The van der Waals surface area contributed by atoms with Crippen molar-refractivity contribution in [2.45, 2.75) is 0 Å². The van der Waals surface area contributed by atoms with Crippen LogP contribution in [0.4, 0.5) is 0 Å². The Morgan fingerprint density at radius 1 is 1.31 bits per heavy atom. The van der Waals surface area contributed by atoms with Gasteiger partial charge in [-0.1, -0.05) is 18.7 Å². The first-order chi connectivity index (χ1) is 6.10. The molecule has 0 rings (SSSR count). The molecular weight excluding hydrogens is 192 g/mol. The van der Waals surface area contributed by atoms with Crippen molar-refractivity contribution in [1.29, 1.82) is 0 Å². The maximum absolute atomic E-state index is 9.25. The Bertz CT molecular complexity index is 136. The van der Waals surface area contributed by atoms with Crippen LogP contribution in [0.15, 0.2) is 38.0 Å². The van der Waals surface area contributed by atoms with Gasteiger partial charge >= 0.3 is 5.97 Å². The van der Waals surface area contributed by atoms with E-state index in [4.69, 9.17) is 21.8 Å². The highest BCUT2D eigenvalue weighted by atomic mass is 35.5. The van der Waals surface area contributed by atoms with Crippen molar-refractivity contribution in [2.75, 3.05) is 12.5 Å². The first kappa shape index (κ1) is 17.9. The van der Waals surface area contributed by atoms with Crippen LogP contribution < -0.4 is 0 Å². The molecule has 0 saturated heterocycles. The lowest BCUT2D eigenvalue weighted by Gasteiger charge is -1.64. The van der Waals surface area contributed by atoms with Crippen LogP contribution in [0.1, 0.15) is 0 Å². The molecule has 2 N–H and O–H groups in total. The summed E-state index contributed by atoms with van der Waals surface area (Å²) in [6, 6.07) is 0. The van der Waals surface area contributed by atoms with Crippen LogP contribution in [0.25, 0.3) is 0 Å². The van der Waals surface area contributed by atoms with Gasteiger partial charge in [0, 0.05) is 12.0 Å². The number of carboxylic acid groups (broad SMARTS) is 1. The van der Waals surface area contributed by atoms with Crippen LogP contribution in [-0.4, -0.2) is 28.7 Å². The fourth-order valence-corrected chi connectivity index (χ4v) is 0. The molecular formula is C9H15ClO3. The number of aliphatic hydroxyl groups is 1. The number of carbonyl (C=O) groups is 1. The predicted molar refractivity (Wildman–Crippen MR) is 56.0 cm³/mol. The molecule has 0 fully saturated rings. The van der Waals surface area contributed by atoms with Gasteiger partial charge in [-0.2, -0.15) is 0 Å². The molecule has 0 spiro atoms. The second kappa shape index (κ2) is 22.4. The molecule has 0 aromatic carbocycles. The highest BCUT2D eigenvalue weighted by Crippen LogP contribution is 1.67. The standard InChI is InChI=1S/C3H5Cl.C3H4O2.C3H6O/c1-2-3-4;1-2-3(4)5;1-2-3-4/h2H,1,3H2;2H,1H2,(H,4,5);2,4H,1,3H2. The van der Waals surface area contributed by atoms with Crippen LogP contribution in [0.5, 0.6) is 0 Å². The first-order valence-electron chi connectivity index (χ1n) is 3.34. The van der Waals surface area contributed by atoms with Crippen molar-refractivity contribution >= 4 is 17.6 Å². The average Bonchev–Trinajstić information content (AvgIpc) is 2.18. The number of aliphatic carboxylic acids is 1. The molecule has 13 heavy (non-hydrogen) atoms. The molecule has 0 aromatic heterocycles. The molecule has 0 aromatic rings. The number of rotatable bonds is 3. The van der Waals surface area contributed by atoms with Gasteiger partial charge < -0.3 is 10.2 Å². The van der Waals surface area contributed by atoms with Crippen molar-refractivity contribution < 1.29 is 15.0 Å². The van der Waals surface area contributed by atoms with Gasteiger partial charge in [0.2, 0.25) is 0 Å². The van der Waals surface area contributed by atoms with Gasteiger partial charge in [-0.3, -0.25) is 0 Å². The summed E-state index contributed by atoms with van der Waals surface area (Å²) in [5.74, 6) is -0.426. The lowest BCUT2D eigenvalue weighted by molar-refractivity contribution is -0.131. The number of aliphatic hydroxyl groups excluding tert-OH is 1. The summed E-state index contributed by atoms with van der Waals surface area (Å²) in [6.45, 7) is 9.62. The Labute approximate surface area is 83.7 Å². The molecule has 0 aliphatic heterocycles. The minimum atomic E-state index is -0.981. The second-order valence-corrected chi connectivity index (χ2v) is 1.77. The van der Waals surface area contributed by atoms with E-state index in [1.807, 2.05) is 0 Å². The summed E-state index contributed by atoms with van der Waals surface area (Å²) in [6.07, 6.45) is 3.90. The van der Waals surface area contributed by atoms with E-state index >= 15 is 0 Å². The zero-order chi connectivity index (χ0) is 11.1. The first-order valence-corrected chi connectivity index (χ1v) is 3.88. The van der Waals surface area contributed by atoms with Gasteiger partial charge in [0.05, 0.1) is 6.61 Å². The van der Waals surface area contributed by atoms with E-state index in [0.717, 1.165) is 6.08 Å². The lowest BCUT2D eigenvalue weighted by atomic mass is 10.7. The number of alkyl halides is 1. The largest absolute Gasteiger partial charge is 0.478 e. The summed E-state index contributed by atoms with van der Waals surface area (Å²) >= 11 is 5.07. The van der Waals surface area contributed by atoms with Crippen LogP contribution in [0, 0.1) is 0 Å². The quantitative estimate of drug-likeness (QED) is 0.421. The van der Waals surface area contributed by atoms with E-state index < -0.39 is 5.97 Å². The minimum Gasteiger partial charge on any atom is -0.478 e. The SMILES string of the molecule is C=CC(=O)O.C=CCCl.C=CCO. The van der Waals surface area contributed by atoms with Gasteiger partial charge in [-0.25, -0.2) is 4.79 Å². The van der Waals surface area contributed by atoms with E-state index in [9.17, 15) is 4.79 Å². The number of hydrogen-bond donors (Lipinski definition) is 2. The zero-order valence-corrected chi connectivity index (χ0v) is 8.20. The van der Waals surface area contributed by atoms with Crippen LogP contribution in [0.3, 0.4) is 0 Å². The zero-order valence-electron chi connectivity index (χ0n) is 7.45. The molecule has 4 heteroatoms. The van der Waals surface area contributed by atoms with E-state index in [0.29, 0.717) is 5.88 Å². The maximum Gasteiger partial charge on any atom is 0.327 e. The van der Waals surface area contributed by atoms with Gasteiger partial charge in [0.15, 0.2) is 0 Å². The predicted octanol–water partition coefficient (Wildman–Crippen LogP) is 1.83. The fourth-order valence-electron chi connectivity index (χ4n) is 0. The normalized spacial score (nSPS) is 6.31. The monoisotopic (exact) mass is 206 g/mol. The molecule has 0 atom stereocenters. The Morgan fingerprint density at radius 2 is 1.54 bits per heavy atom. The van der Waals surface area contributed by atoms with E-state index in [1.54, 1.807) is 6.08 Å². The third kappa shape index (κ3) is 101. The topological polar surface area (TPSA) is 57.5 Å². The average molecular weight is 207 g/mol. The molecule has 0 heterocycles. The molecule has 3 nitrogen and oxygen atoms in total. The summed E-state index contributed by atoms with van der Waals surface area (Å²) in [5.41, 5.74) is 0. The van der Waals surface area contributed by atoms with Crippen molar-refractivity contribution in [2.24, 2.45) is 0 Å². The van der Waals surface area contributed by atoms with Gasteiger partial charge in [-0.05, 0) is 0 Å². The van der Waals surface area contributed by atoms with Crippen LogP contribution in [-0.2, 0) is 4.79 Å². The van der Waals surface area contributed by atoms with Crippen molar-refractivity contribution in [3.05, 3.63) is 38.0 Å². The minimum absolute atomic E-state index is 0.0833. The summed E-state index contributed by atoms with van der Waals surface area (Å²) in [4.78, 5) is 9.25.